The van der Waals surface area contributed by atoms with E-state index in [1.807, 2.05) is 13.0 Å². The maximum atomic E-state index is 11.8. The average Bonchev–Trinajstić information content (AvgIpc) is 2.97. The highest BCUT2D eigenvalue weighted by Gasteiger charge is 2.70. The normalized spacial score (nSPS) is 45.2. The number of allylic oxidation sites excluding steroid dienone is 1. The van der Waals surface area contributed by atoms with Crippen LogP contribution in [-0.4, -0.2) is 25.7 Å². The third-order valence-electron chi connectivity index (χ3n) is 5.27. The van der Waals surface area contributed by atoms with Crippen LogP contribution in [0.3, 0.4) is 0 Å². The smallest absolute Gasteiger partial charge is 0.333 e. The van der Waals surface area contributed by atoms with Gasteiger partial charge < -0.3 is 14.2 Å². The minimum atomic E-state index is -0.286. The van der Waals surface area contributed by atoms with E-state index in [1.165, 1.54) is 7.11 Å². The third kappa shape index (κ3) is 1.78. The molecule has 3 aliphatic rings. The van der Waals surface area contributed by atoms with Crippen LogP contribution in [0.25, 0.3) is 0 Å². The molecule has 0 radical (unpaired) electrons. The van der Waals surface area contributed by atoms with Crippen molar-refractivity contribution in [1.82, 2.24) is 0 Å². The van der Waals surface area contributed by atoms with E-state index in [2.05, 4.69) is 13.2 Å². The molecule has 1 saturated heterocycles. The summed E-state index contributed by atoms with van der Waals surface area (Å²) in [4.78, 5) is 11.8. The minimum absolute atomic E-state index is 0.0614. The molecule has 3 unspecified atom stereocenters. The zero-order chi connectivity index (χ0) is 14.5. The lowest BCUT2D eigenvalue weighted by molar-refractivity contribution is -0.411. The SMILES string of the molecule is C=CCC1(C2OC(C)O2)CC2CC2(C(=C)C(=O)OC)C1. The molecular formula is C16H22O4. The molecule has 110 valence electrons. The molecule has 0 amide bonds. The summed E-state index contributed by atoms with van der Waals surface area (Å²) in [6, 6.07) is 0. The quantitative estimate of drug-likeness (QED) is 0.441. The summed E-state index contributed by atoms with van der Waals surface area (Å²) >= 11 is 0. The van der Waals surface area contributed by atoms with Gasteiger partial charge in [0.05, 0.1) is 7.11 Å². The van der Waals surface area contributed by atoms with Crippen LogP contribution in [0, 0.1) is 16.7 Å². The maximum absolute atomic E-state index is 11.8. The van der Waals surface area contributed by atoms with Gasteiger partial charge in [-0.2, -0.15) is 0 Å². The first-order valence-electron chi connectivity index (χ1n) is 7.17. The molecule has 1 aliphatic heterocycles. The van der Waals surface area contributed by atoms with Crippen LogP contribution in [0.15, 0.2) is 24.8 Å². The fourth-order valence-corrected chi connectivity index (χ4v) is 4.22. The molecule has 0 bridgehead atoms. The van der Waals surface area contributed by atoms with Crippen molar-refractivity contribution in [1.29, 1.82) is 0 Å². The van der Waals surface area contributed by atoms with E-state index >= 15 is 0 Å². The van der Waals surface area contributed by atoms with Gasteiger partial charge in [0.25, 0.3) is 0 Å². The van der Waals surface area contributed by atoms with Gasteiger partial charge in [0.1, 0.15) is 0 Å². The van der Waals surface area contributed by atoms with Crippen LogP contribution in [-0.2, 0) is 19.0 Å². The van der Waals surface area contributed by atoms with Gasteiger partial charge in [-0.05, 0) is 38.5 Å². The van der Waals surface area contributed by atoms with Crippen LogP contribution in [0.4, 0.5) is 0 Å². The predicted octanol–water partition coefficient (Wildman–Crippen LogP) is 2.80. The second-order valence-electron chi connectivity index (χ2n) is 6.44. The van der Waals surface area contributed by atoms with Gasteiger partial charge in [-0.15, -0.1) is 6.58 Å². The van der Waals surface area contributed by atoms with E-state index in [0.29, 0.717) is 11.5 Å². The lowest BCUT2D eigenvalue weighted by Crippen LogP contribution is -2.50. The zero-order valence-corrected chi connectivity index (χ0v) is 12.2. The molecule has 3 rings (SSSR count). The number of rotatable bonds is 5. The molecule has 0 aromatic heterocycles. The zero-order valence-electron chi connectivity index (χ0n) is 12.2. The Bertz CT molecular complexity index is 465. The highest BCUT2D eigenvalue weighted by molar-refractivity contribution is 5.90. The van der Waals surface area contributed by atoms with Crippen molar-refractivity contribution in [2.75, 3.05) is 7.11 Å². The molecular weight excluding hydrogens is 256 g/mol. The van der Waals surface area contributed by atoms with Crippen LogP contribution in [0.5, 0.6) is 0 Å². The molecule has 2 aliphatic carbocycles. The van der Waals surface area contributed by atoms with Gasteiger partial charge in [0.15, 0.2) is 12.6 Å². The Kier molecular flexibility index (Phi) is 3.07. The Morgan fingerprint density at radius 2 is 2.15 bits per heavy atom. The fourth-order valence-electron chi connectivity index (χ4n) is 4.22. The Labute approximate surface area is 119 Å². The summed E-state index contributed by atoms with van der Waals surface area (Å²) in [5.41, 5.74) is 0.457. The number of carbonyl (C=O) groups is 1. The standard InChI is InChI=1S/C16H22O4/c1-5-6-15(14-19-11(3)20-14)7-12-8-16(12,9-15)10(2)13(17)18-4/h5,11-12,14H,1-2,6-9H2,3-4H3. The monoisotopic (exact) mass is 278 g/mol. The summed E-state index contributed by atoms with van der Waals surface area (Å²) in [6.07, 6.45) is 5.38. The summed E-state index contributed by atoms with van der Waals surface area (Å²) in [6.45, 7) is 9.75. The molecule has 1 heterocycles. The number of esters is 1. The molecule has 0 N–H and O–H groups in total. The molecule has 0 spiro atoms. The Hall–Kier alpha value is -1.13. The van der Waals surface area contributed by atoms with Crippen molar-refractivity contribution in [2.24, 2.45) is 16.7 Å². The van der Waals surface area contributed by atoms with Crippen molar-refractivity contribution in [3.05, 3.63) is 24.8 Å². The fraction of sp³-hybridized carbons (Fsp3) is 0.688. The molecule has 3 fully saturated rings. The second-order valence-corrected chi connectivity index (χ2v) is 6.44. The highest BCUT2D eigenvalue weighted by Crippen LogP contribution is 2.74. The second kappa shape index (κ2) is 4.43. The van der Waals surface area contributed by atoms with Gasteiger partial charge in [-0.3, -0.25) is 0 Å². The molecule has 20 heavy (non-hydrogen) atoms. The van der Waals surface area contributed by atoms with E-state index in [1.54, 1.807) is 0 Å². The van der Waals surface area contributed by atoms with Crippen molar-refractivity contribution in [3.63, 3.8) is 0 Å². The molecule has 4 heteroatoms. The van der Waals surface area contributed by atoms with E-state index in [9.17, 15) is 4.79 Å². The lowest BCUT2D eigenvalue weighted by Gasteiger charge is -2.46. The summed E-state index contributed by atoms with van der Waals surface area (Å²) in [5.74, 6) is 0.211. The van der Waals surface area contributed by atoms with Gasteiger partial charge >= 0.3 is 5.97 Å². The van der Waals surface area contributed by atoms with E-state index in [0.717, 1.165) is 25.7 Å². The highest BCUT2D eigenvalue weighted by atomic mass is 16.9. The number of hydrogen-bond donors (Lipinski definition) is 0. The van der Waals surface area contributed by atoms with Crippen LogP contribution in [0.1, 0.15) is 32.6 Å². The van der Waals surface area contributed by atoms with Crippen molar-refractivity contribution in [3.8, 4) is 0 Å². The largest absolute Gasteiger partial charge is 0.466 e. The minimum Gasteiger partial charge on any atom is -0.466 e. The Morgan fingerprint density at radius 3 is 2.70 bits per heavy atom. The van der Waals surface area contributed by atoms with Crippen LogP contribution >= 0.6 is 0 Å². The molecule has 4 nitrogen and oxygen atoms in total. The van der Waals surface area contributed by atoms with Gasteiger partial charge in [0, 0.05) is 16.4 Å². The first-order valence-corrected chi connectivity index (χ1v) is 7.17. The number of ether oxygens (including phenoxy) is 3. The predicted molar refractivity (Wildman–Crippen MR) is 73.6 cm³/mol. The number of hydrogen-bond acceptors (Lipinski definition) is 4. The maximum Gasteiger partial charge on any atom is 0.333 e. The molecule has 3 atom stereocenters. The summed E-state index contributed by atoms with van der Waals surface area (Å²) < 4.78 is 16.3. The topological polar surface area (TPSA) is 44.8 Å². The van der Waals surface area contributed by atoms with Gasteiger partial charge in [0.2, 0.25) is 0 Å². The van der Waals surface area contributed by atoms with E-state index < -0.39 is 0 Å². The van der Waals surface area contributed by atoms with E-state index in [-0.39, 0.29) is 29.4 Å². The summed E-state index contributed by atoms with van der Waals surface area (Å²) in [7, 11) is 1.41. The Morgan fingerprint density at radius 1 is 1.45 bits per heavy atom. The van der Waals surface area contributed by atoms with Crippen LogP contribution < -0.4 is 0 Å². The van der Waals surface area contributed by atoms with Crippen LogP contribution in [0.2, 0.25) is 0 Å². The number of methoxy groups -OCH3 is 1. The lowest BCUT2D eigenvalue weighted by atomic mass is 9.75. The number of fused-ring (bicyclic) bond motifs is 1. The summed E-state index contributed by atoms with van der Waals surface area (Å²) in [5, 5.41) is 0. The number of carbonyl (C=O) groups excluding carboxylic acids is 1. The third-order valence-corrected chi connectivity index (χ3v) is 5.27. The first-order chi connectivity index (χ1) is 9.47. The molecule has 0 aromatic rings. The average molecular weight is 278 g/mol. The van der Waals surface area contributed by atoms with E-state index in [4.69, 9.17) is 14.2 Å². The van der Waals surface area contributed by atoms with Crippen molar-refractivity contribution < 1.29 is 19.0 Å². The molecule has 2 saturated carbocycles. The van der Waals surface area contributed by atoms with Gasteiger partial charge in [-0.25, -0.2) is 4.79 Å². The van der Waals surface area contributed by atoms with Gasteiger partial charge in [-0.1, -0.05) is 12.7 Å². The first kappa shape index (κ1) is 13.8. The molecule has 0 aromatic carbocycles. The van der Waals surface area contributed by atoms with Crippen molar-refractivity contribution in [2.45, 2.75) is 45.2 Å². The van der Waals surface area contributed by atoms with Crippen molar-refractivity contribution >= 4 is 5.97 Å². The Balaban J connectivity index is 1.79.